The van der Waals surface area contributed by atoms with E-state index >= 15 is 0 Å². The van der Waals surface area contributed by atoms with Crippen molar-refractivity contribution >= 4 is 37.0 Å². The molecule has 0 radical (unpaired) electrons. The maximum atomic E-state index is 14.3. The molecule has 1 N–H and O–H groups in total. The van der Waals surface area contributed by atoms with E-state index in [4.69, 9.17) is 37.0 Å². The van der Waals surface area contributed by atoms with Crippen LogP contribution in [-0.4, -0.2) is 129 Å². The lowest BCUT2D eigenvalue weighted by molar-refractivity contribution is -0.222. The molecule has 0 aromatic heterocycles. The number of amides is 1. The topological polar surface area (TPSA) is 127 Å². The molecular formula is C55H104N2O10Si3. The standard InChI is InChI=1S/C55H104N2O10Si3/c1-18-47(66-69(23-6,24-7)25-8)44(14)52-48(61-52)41-54(16,67-70(26-9,27-10)28-11)34-29-30-42(12)51-43(13)31-32-49(62-53(59)57-38-36-56-37-39-57)55(17,64-45(15)60-19-2)35-33-46(40-50(58)63-51)65-68(20-3,21-4)22-5/h29-32,34,43-49,51-52,56H,18-28,33,35-41H2,1-17H3/b32-31-,34-29+,42-30+/t43-,44+,45?,46+,47-,48-,49-,51+,52-,54-,55+/m0/s1. The number of nitrogens with one attached hydrogen (secondary N) is 1. The Kier molecular flexibility index (Phi) is 26.3. The van der Waals surface area contributed by atoms with E-state index in [1.165, 1.54) is 0 Å². The van der Waals surface area contributed by atoms with Gasteiger partial charge in [-0.3, -0.25) is 4.79 Å². The fourth-order valence-corrected chi connectivity index (χ4v) is 20.1. The van der Waals surface area contributed by atoms with Gasteiger partial charge in [0.05, 0.1) is 30.3 Å². The third-order valence-corrected chi connectivity index (χ3v) is 30.9. The summed E-state index contributed by atoms with van der Waals surface area (Å²) in [6.45, 7) is 40.1. The zero-order valence-electron chi connectivity index (χ0n) is 47.5. The van der Waals surface area contributed by atoms with Gasteiger partial charge in [-0.2, -0.15) is 0 Å². The number of cyclic esters (lactones) is 1. The Balaban J connectivity index is 2.09. The van der Waals surface area contributed by atoms with Gasteiger partial charge in [0, 0.05) is 57.1 Å². The molecule has 0 bridgehead atoms. The Labute approximate surface area is 430 Å². The van der Waals surface area contributed by atoms with Crippen molar-refractivity contribution in [3.05, 3.63) is 36.0 Å². The van der Waals surface area contributed by atoms with Crippen LogP contribution in [0.15, 0.2) is 36.0 Å². The smallest absolute Gasteiger partial charge is 0.410 e. The molecular weight excluding hydrogens is 933 g/mol. The highest BCUT2D eigenvalue weighted by Gasteiger charge is 2.51. The number of ether oxygens (including phenoxy) is 5. The zero-order chi connectivity index (χ0) is 52.3. The van der Waals surface area contributed by atoms with Gasteiger partial charge in [0.15, 0.2) is 37.3 Å². The van der Waals surface area contributed by atoms with Crippen LogP contribution in [0, 0.1) is 11.8 Å². The number of hydrogen-bond donors (Lipinski definition) is 1. The van der Waals surface area contributed by atoms with Crippen LogP contribution < -0.4 is 5.32 Å². The molecule has 0 saturated carbocycles. The fourth-order valence-electron chi connectivity index (χ4n) is 11.1. The molecule has 70 heavy (non-hydrogen) atoms. The summed E-state index contributed by atoms with van der Waals surface area (Å²) in [5.41, 5.74) is -0.678. The predicted octanol–water partition coefficient (Wildman–Crippen LogP) is 13.1. The minimum atomic E-state index is -2.16. The van der Waals surface area contributed by atoms with E-state index in [0.717, 1.165) is 72.8 Å². The number of carbonyl (C=O) groups is 2. The van der Waals surface area contributed by atoms with Gasteiger partial charge in [0.2, 0.25) is 0 Å². The van der Waals surface area contributed by atoms with Crippen molar-refractivity contribution < 1.29 is 46.6 Å². The second kappa shape index (κ2) is 29.4. The molecule has 11 atom stereocenters. The molecule has 0 aromatic rings. The molecule has 3 aliphatic rings. The molecule has 2 saturated heterocycles. The van der Waals surface area contributed by atoms with Crippen LogP contribution >= 0.6 is 0 Å². The first-order chi connectivity index (χ1) is 33.2. The minimum Gasteiger partial charge on any atom is -0.457 e. The predicted molar refractivity (Wildman–Crippen MR) is 294 cm³/mol. The number of carbonyl (C=O) groups excluding carboxylic acids is 2. The van der Waals surface area contributed by atoms with Crippen molar-refractivity contribution in [2.24, 2.45) is 11.8 Å². The van der Waals surface area contributed by atoms with E-state index in [0.29, 0.717) is 45.6 Å². The molecule has 1 amide bonds. The van der Waals surface area contributed by atoms with Gasteiger partial charge in [-0.25, -0.2) is 4.79 Å². The molecule has 1 unspecified atom stereocenters. The average molecular weight is 1040 g/mol. The number of allylic oxidation sites excluding steroid dienone is 2. The summed E-state index contributed by atoms with van der Waals surface area (Å²) in [5, 5.41) is 3.33. The first kappa shape index (κ1) is 62.6. The summed E-state index contributed by atoms with van der Waals surface area (Å²) >= 11 is 0. The van der Waals surface area contributed by atoms with E-state index in [2.05, 4.69) is 114 Å². The lowest BCUT2D eigenvalue weighted by atomic mass is 9.88. The van der Waals surface area contributed by atoms with Crippen LogP contribution in [-0.2, 0) is 41.8 Å². The first-order valence-corrected chi connectivity index (χ1v) is 35.7. The van der Waals surface area contributed by atoms with Crippen LogP contribution in [0.4, 0.5) is 4.79 Å². The van der Waals surface area contributed by atoms with Crippen molar-refractivity contribution in [3.8, 4) is 0 Å². The second-order valence-corrected chi connectivity index (χ2v) is 35.5. The summed E-state index contributed by atoms with van der Waals surface area (Å²) in [6.07, 6.45) is 10.9. The van der Waals surface area contributed by atoms with Crippen LogP contribution in [0.2, 0.25) is 54.4 Å². The third-order valence-electron chi connectivity index (χ3n) is 16.8. The summed E-state index contributed by atoms with van der Waals surface area (Å²) in [6, 6.07) is 9.37. The molecule has 3 heterocycles. The molecule has 12 nitrogen and oxygen atoms in total. The largest absolute Gasteiger partial charge is 0.457 e. The van der Waals surface area contributed by atoms with Crippen molar-refractivity contribution in [1.82, 2.24) is 10.2 Å². The number of rotatable bonds is 28. The number of hydrogen-bond acceptors (Lipinski definition) is 11. The Morgan fingerprint density at radius 3 is 2.03 bits per heavy atom. The van der Waals surface area contributed by atoms with Crippen molar-refractivity contribution in [1.29, 1.82) is 0 Å². The molecule has 406 valence electrons. The van der Waals surface area contributed by atoms with E-state index in [1.54, 1.807) is 4.90 Å². The Hall–Kier alpha value is -1.67. The Morgan fingerprint density at radius 1 is 0.900 bits per heavy atom. The third kappa shape index (κ3) is 17.7. The lowest BCUT2D eigenvalue weighted by Crippen LogP contribution is -2.52. The fraction of sp³-hybridized carbons (Fsp3) is 0.855. The summed E-state index contributed by atoms with van der Waals surface area (Å²) in [7, 11) is -6.01. The number of esters is 1. The molecule has 3 aliphatic heterocycles. The molecule has 15 heteroatoms. The molecule has 2 fully saturated rings. The Morgan fingerprint density at radius 2 is 1.49 bits per heavy atom. The highest BCUT2D eigenvalue weighted by Crippen LogP contribution is 2.43. The average Bonchev–Trinajstić information content (AvgIpc) is 4.13. The van der Waals surface area contributed by atoms with Gasteiger partial charge in [-0.05, 0) is 120 Å². The molecule has 0 aliphatic carbocycles. The SMILES string of the molecule is CCOC(C)O[C@]1(C)CC[C@@H](O[Si](CC)(CC)CC)CC(=O)O[C@H](/C(C)=C/C=C/[C@@](C)(C[C@@H]2O[C@H]2[C@H](C)[C@H](CC)O[Si](CC)(CC)CC)O[Si](CC)(CC)CC)[C@@H](C)/C=C\[C@@H]1OC(=O)N1CCNCC1. The van der Waals surface area contributed by atoms with E-state index < -0.39 is 60.8 Å². The summed E-state index contributed by atoms with van der Waals surface area (Å²) < 4.78 is 53.9. The van der Waals surface area contributed by atoms with Crippen molar-refractivity contribution in [3.63, 3.8) is 0 Å². The van der Waals surface area contributed by atoms with Gasteiger partial charge >= 0.3 is 12.1 Å². The monoisotopic (exact) mass is 1040 g/mol. The highest BCUT2D eigenvalue weighted by molar-refractivity contribution is 6.74. The van der Waals surface area contributed by atoms with Gasteiger partial charge in [-0.1, -0.05) is 107 Å². The molecule has 0 spiro atoms. The molecule has 3 rings (SSSR count). The van der Waals surface area contributed by atoms with Gasteiger partial charge in [0.1, 0.15) is 11.7 Å². The first-order valence-electron chi connectivity index (χ1n) is 28.1. The van der Waals surface area contributed by atoms with E-state index in [9.17, 15) is 9.59 Å². The van der Waals surface area contributed by atoms with Crippen LogP contribution in [0.3, 0.4) is 0 Å². The normalized spacial score (nSPS) is 28.3. The van der Waals surface area contributed by atoms with Gasteiger partial charge in [0.25, 0.3) is 0 Å². The highest BCUT2D eigenvalue weighted by atomic mass is 28.4. The minimum absolute atomic E-state index is 0.0768. The second-order valence-electron chi connectivity index (χ2n) is 21.3. The van der Waals surface area contributed by atoms with Gasteiger partial charge in [-0.15, -0.1) is 0 Å². The number of piperazine rings is 1. The summed E-state index contributed by atoms with van der Waals surface area (Å²) in [5.74, 6) is -0.291. The maximum absolute atomic E-state index is 14.3. The van der Waals surface area contributed by atoms with Gasteiger partial charge < -0.3 is 47.2 Å². The van der Waals surface area contributed by atoms with Crippen LogP contribution in [0.5, 0.6) is 0 Å². The van der Waals surface area contributed by atoms with E-state index in [1.807, 2.05) is 39.8 Å². The van der Waals surface area contributed by atoms with Crippen LogP contribution in [0.25, 0.3) is 0 Å². The van der Waals surface area contributed by atoms with Crippen LogP contribution in [0.1, 0.15) is 150 Å². The zero-order valence-corrected chi connectivity index (χ0v) is 50.5. The quantitative estimate of drug-likeness (QED) is 0.0201. The lowest BCUT2D eigenvalue weighted by Gasteiger charge is -2.41. The van der Waals surface area contributed by atoms with Crippen molar-refractivity contribution in [2.45, 2.75) is 258 Å². The number of nitrogens with zero attached hydrogens (tertiary/aromatic N) is 1. The number of epoxide rings is 1. The van der Waals surface area contributed by atoms with E-state index in [-0.39, 0.29) is 48.6 Å². The summed E-state index contributed by atoms with van der Waals surface area (Å²) in [4.78, 5) is 30.0. The van der Waals surface area contributed by atoms with Crippen molar-refractivity contribution in [2.75, 3.05) is 32.8 Å². The molecule has 0 aromatic carbocycles. The Bertz CT molecular complexity index is 1620. The maximum Gasteiger partial charge on any atom is 0.410 e.